The second-order valence-electron chi connectivity index (χ2n) is 10.3. The minimum absolute atomic E-state index is 0.0398. The van der Waals surface area contributed by atoms with E-state index in [1.54, 1.807) is 21.5 Å². The first-order valence-electron chi connectivity index (χ1n) is 13.7. The number of hydrogen-bond donors (Lipinski definition) is 3. The third-order valence-electron chi connectivity index (χ3n) is 7.51. The van der Waals surface area contributed by atoms with Crippen molar-refractivity contribution in [3.8, 4) is 0 Å². The highest BCUT2D eigenvalue weighted by atomic mass is 79.9. The smallest absolute Gasteiger partial charge is 0.0745 e. The Hall–Kier alpha value is -0.0500. The van der Waals surface area contributed by atoms with Gasteiger partial charge in [0.05, 0.1) is 15.9 Å². The first-order valence-corrected chi connectivity index (χ1v) is 18.0. The van der Waals surface area contributed by atoms with Gasteiger partial charge in [-0.1, -0.05) is 91.2 Å². The highest BCUT2D eigenvalue weighted by molar-refractivity contribution is 9.50. The minimum Gasteiger partial charge on any atom is -0.382 e. The zero-order valence-corrected chi connectivity index (χ0v) is 27.4. The fourth-order valence-corrected chi connectivity index (χ4v) is 8.18. The molecule has 0 fully saturated rings. The van der Waals surface area contributed by atoms with Gasteiger partial charge in [0.2, 0.25) is 0 Å². The molecule has 5 N–H and O–H groups in total. The lowest BCUT2D eigenvalue weighted by Gasteiger charge is -2.35. The van der Waals surface area contributed by atoms with Crippen molar-refractivity contribution >= 4 is 57.8 Å². The molecule has 2 rings (SSSR count). The van der Waals surface area contributed by atoms with Crippen LogP contribution in [-0.4, -0.2) is 18.1 Å². The van der Waals surface area contributed by atoms with Crippen LogP contribution in [0.1, 0.15) is 95.9 Å². The van der Waals surface area contributed by atoms with Gasteiger partial charge < -0.3 is 16.8 Å². The van der Waals surface area contributed by atoms with Crippen molar-refractivity contribution in [2.45, 2.75) is 110 Å². The Morgan fingerprint density at radius 3 is 2.36 bits per heavy atom. The molecule has 0 spiro atoms. The highest BCUT2D eigenvalue weighted by Gasteiger charge is 2.34. The van der Waals surface area contributed by atoms with E-state index >= 15 is 0 Å². The van der Waals surface area contributed by atoms with Crippen LogP contribution in [0.3, 0.4) is 0 Å². The molecule has 2 heterocycles. The third-order valence-corrected chi connectivity index (χ3v) is 11.2. The molecule has 1 aromatic rings. The maximum Gasteiger partial charge on any atom is 0.0745 e. The van der Waals surface area contributed by atoms with Gasteiger partial charge in [-0.2, -0.15) is 0 Å². The molecule has 3 nitrogen and oxygen atoms in total. The molecule has 0 saturated heterocycles. The summed E-state index contributed by atoms with van der Waals surface area (Å²) in [6.07, 6.45) is 16.5. The molecule has 5 atom stereocenters. The number of rotatable bonds is 16. The van der Waals surface area contributed by atoms with Gasteiger partial charge in [0.1, 0.15) is 0 Å². The van der Waals surface area contributed by atoms with Gasteiger partial charge in [0.15, 0.2) is 0 Å². The number of unbranched alkanes of at least 4 members (excludes halogenated alkanes) is 2. The first kappa shape index (κ1) is 32.2. The van der Waals surface area contributed by atoms with E-state index in [0.717, 1.165) is 34.8 Å². The Bertz CT molecular complexity index is 880. The van der Waals surface area contributed by atoms with E-state index in [1.165, 1.54) is 65.6 Å². The molecule has 5 unspecified atom stereocenters. The van der Waals surface area contributed by atoms with Crippen LogP contribution >= 0.6 is 52.3 Å². The van der Waals surface area contributed by atoms with E-state index < -0.39 is 0 Å². The number of thiophene rings is 1. The fourth-order valence-electron chi connectivity index (χ4n) is 4.99. The molecule has 7 heteroatoms. The summed E-state index contributed by atoms with van der Waals surface area (Å²) in [6, 6.07) is 1.82. The molecule has 204 valence electrons. The number of nitrogens with two attached hydrogens (primary N) is 2. The van der Waals surface area contributed by atoms with Crippen LogP contribution in [0.2, 0.25) is 0 Å². The number of hydrogen-bond acceptors (Lipinski definition) is 5. The van der Waals surface area contributed by atoms with E-state index in [1.807, 2.05) is 0 Å². The molecule has 0 bridgehead atoms. The second-order valence-corrected chi connectivity index (χ2v) is 14.2. The lowest BCUT2D eigenvalue weighted by molar-refractivity contribution is 0.449. The first-order chi connectivity index (χ1) is 17.3. The van der Waals surface area contributed by atoms with Gasteiger partial charge in [-0.25, -0.2) is 0 Å². The molecule has 0 radical (unpaired) electrons. The summed E-state index contributed by atoms with van der Waals surface area (Å²) in [5.41, 5.74) is 17.2. The van der Waals surface area contributed by atoms with E-state index in [9.17, 15) is 0 Å². The number of nitrogens with one attached hydrogen (secondary N) is 1. The maximum absolute atomic E-state index is 6.76. The molecule has 36 heavy (non-hydrogen) atoms. The Morgan fingerprint density at radius 1 is 1.14 bits per heavy atom. The Labute approximate surface area is 244 Å². The van der Waals surface area contributed by atoms with E-state index in [4.69, 9.17) is 11.5 Å². The normalized spacial score (nSPS) is 22.2. The van der Waals surface area contributed by atoms with Crippen LogP contribution in [0, 0.1) is 11.8 Å². The zero-order chi connectivity index (χ0) is 26.7. The average Bonchev–Trinajstić information content (AvgIpc) is 3.23. The molecule has 0 aromatic carbocycles. The van der Waals surface area contributed by atoms with Crippen molar-refractivity contribution in [2.75, 3.05) is 0 Å². The maximum atomic E-state index is 6.76. The van der Waals surface area contributed by atoms with Crippen LogP contribution in [0.15, 0.2) is 39.2 Å². The molecule has 1 aromatic heterocycles. The van der Waals surface area contributed by atoms with E-state index in [0.29, 0.717) is 5.92 Å². The summed E-state index contributed by atoms with van der Waals surface area (Å²) >= 11 is 9.22. The summed E-state index contributed by atoms with van der Waals surface area (Å²) < 4.78 is 1.22. The quantitative estimate of drug-likeness (QED) is 0.155. The van der Waals surface area contributed by atoms with Crippen LogP contribution in [-0.2, 0) is 6.42 Å². The van der Waals surface area contributed by atoms with Crippen LogP contribution in [0.25, 0.3) is 5.57 Å². The van der Waals surface area contributed by atoms with Gasteiger partial charge in [0, 0.05) is 27.6 Å². The van der Waals surface area contributed by atoms with Gasteiger partial charge in [-0.3, -0.25) is 0 Å². The van der Waals surface area contributed by atoms with Crippen LogP contribution < -0.4 is 16.8 Å². The summed E-state index contributed by atoms with van der Waals surface area (Å²) in [7, 11) is 1.56. The van der Waals surface area contributed by atoms with Gasteiger partial charge in [-0.15, -0.1) is 11.3 Å². The molecule has 0 amide bonds. The van der Waals surface area contributed by atoms with Crippen molar-refractivity contribution in [1.29, 1.82) is 0 Å². The monoisotopic (exact) mass is 659 g/mol. The van der Waals surface area contributed by atoms with Crippen molar-refractivity contribution in [3.63, 3.8) is 0 Å². The number of allylic oxidation sites excluding steroid dienone is 2. The molecule has 1 aliphatic heterocycles. The van der Waals surface area contributed by atoms with Gasteiger partial charge in [0.25, 0.3) is 0 Å². The zero-order valence-electron chi connectivity index (χ0n) is 22.6. The fraction of sp³-hybridized carbons (Fsp3) is 0.655. The largest absolute Gasteiger partial charge is 0.382 e. The Morgan fingerprint density at radius 2 is 1.78 bits per heavy atom. The van der Waals surface area contributed by atoms with Gasteiger partial charge in [-0.05, 0) is 83.3 Å². The molecular formula is C29H47Br2N3S2. The average molecular weight is 662 g/mol. The van der Waals surface area contributed by atoms with Gasteiger partial charge >= 0.3 is 0 Å². The lowest BCUT2D eigenvalue weighted by atomic mass is 9.88. The van der Waals surface area contributed by atoms with Crippen molar-refractivity contribution in [1.82, 2.24) is 5.32 Å². The lowest BCUT2D eigenvalue weighted by Crippen LogP contribution is -2.57. The second kappa shape index (κ2) is 16.8. The third kappa shape index (κ3) is 9.30. The Balaban J connectivity index is 2.15. The van der Waals surface area contributed by atoms with Crippen molar-refractivity contribution < 1.29 is 0 Å². The highest BCUT2D eigenvalue weighted by Crippen LogP contribution is 2.39. The predicted octanol–water partition coefficient (Wildman–Crippen LogP) is 9.33. The van der Waals surface area contributed by atoms with Crippen LogP contribution in [0.4, 0.5) is 0 Å². The number of halogens is 2. The molecular weight excluding hydrogens is 614 g/mol. The van der Waals surface area contributed by atoms with E-state index in [2.05, 4.69) is 88.7 Å². The minimum atomic E-state index is -0.235. The van der Waals surface area contributed by atoms with Crippen molar-refractivity contribution in [3.05, 3.63) is 49.6 Å². The van der Waals surface area contributed by atoms with Crippen molar-refractivity contribution in [2.24, 2.45) is 23.3 Å². The summed E-state index contributed by atoms with van der Waals surface area (Å²) in [5, 5.41) is 3.58. The summed E-state index contributed by atoms with van der Waals surface area (Å²) in [6.45, 7) is 13.5. The standard InChI is InChI=1S/C29H47Br2N3S2/c1-6-10-12-20(8-3)14-19(5)15-25(36-31)28-27(33)26(32)23(18-34-28)24-17-22(29(30)35-24)16-21(9-4)13-11-7-2/h15,17-18,20-21,26-28,34H,5-14,16,32-33H2,1-4H3/b25-15-. The van der Waals surface area contributed by atoms with Crippen LogP contribution in [0.5, 0.6) is 0 Å². The molecule has 0 saturated carbocycles. The molecule has 1 aliphatic rings. The summed E-state index contributed by atoms with van der Waals surface area (Å²) in [5.74, 6) is 1.42. The Kier molecular flexibility index (Phi) is 15.0. The summed E-state index contributed by atoms with van der Waals surface area (Å²) in [4.78, 5) is 2.35. The SMILES string of the molecule is C=C(/C=C(\SBr)C1NC=C(c2cc(CC(CC)CCCC)c(Br)s2)C(N)C1N)CC(CC)CCCC. The topological polar surface area (TPSA) is 64.1 Å². The predicted molar refractivity (Wildman–Crippen MR) is 172 cm³/mol. The van der Waals surface area contributed by atoms with E-state index in [-0.39, 0.29) is 18.1 Å². The molecule has 0 aliphatic carbocycles.